The van der Waals surface area contributed by atoms with Crippen molar-refractivity contribution in [2.75, 3.05) is 49.2 Å². The zero-order valence-electron chi connectivity index (χ0n) is 16.9. The van der Waals surface area contributed by atoms with Crippen molar-refractivity contribution in [1.29, 1.82) is 0 Å². The Morgan fingerprint density at radius 3 is 2.47 bits per heavy atom. The highest BCUT2D eigenvalue weighted by molar-refractivity contribution is 5.90. The summed E-state index contributed by atoms with van der Waals surface area (Å²) in [6.07, 6.45) is 2.02. The first-order valence-electron chi connectivity index (χ1n) is 10.1. The lowest BCUT2D eigenvalue weighted by atomic mass is 10.0. The number of amides is 2. The Bertz CT molecular complexity index is 805. The first-order valence-corrected chi connectivity index (χ1v) is 10.1. The molecule has 30 heavy (non-hydrogen) atoms. The van der Waals surface area contributed by atoms with E-state index in [1.54, 1.807) is 0 Å². The molecule has 2 fully saturated rings. The van der Waals surface area contributed by atoms with Gasteiger partial charge in [-0.3, -0.25) is 9.69 Å². The van der Waals surface area contributed by atoms with Gasteiger partial charge >= 0.3 is 6.09 Å². The molecule has 8 nitrogen and oxygen atoms in total. The van der Waals surface area contributed by atoms with Crippen LogP contribution in [0.25, 0.3) is 0 Å². The van der Waals surface area contributed by atoms with Crippen molar-refractivity contribution in [1.82, 2.24) is 5.32 Å². The number of benzene rings is 1. The van der Waals surface area contributed by atoms with Gasteiger partial charge in [-0.25, -0.2) is 9.18 Å². The second-order valence-electron chi connectivity index (χ2n) is 7.64. The third-order valence-electron chi connectivity index (χ3n) is 5.58. The topological polar surface area (TPSA) is 80.3 Å². The molecule has 3 heterocycles. The summed E-state index contributed by atoms with van der Waals surface area (Å²) in [6.45, 7) is 3.54. The Balaban J connectivity index is 1.37. The lowest BCUT2D eigenvalue weighted by Gasteiger charge is -2.43. The van der Waals surface area contributed by atoms with Crippen LogP contribution in [0.4, 0.5) is 20.6 Å². The van der Waals surface area contributed by atoms with E-state index in [0.29, 0.717) is 38.4 Å². The number of halogens is 1. The van der Waals surface area contributed by atoms with Gasteiger partial charge in [-0.1, -0.05) is 12.2 Å². The Kier molecular flexibility index (Phi) is 5.92. The summed E-state index contributed by atoms with van der Waals surface area (Å²) in [6, 6.07) is 7.37. The van der Waals surface area contributed by atoms with E-state index in [0.717, 1.165) is 5.69 Å². The largest absolute Gasteiger partial charge is 0.442 e. The zero-order chi connectivity index (χ0) is 21.1. The minimum Gasteiger partial charge on any atom is -0.442 e. The van der Waals surface area contributed by atoms with Gasteiger partial charge in [-0.2, -0.15) is 0 Å². The third kappa shape index (κ3) is 4.27. The molecule has 0 saturated carbocycles. The van der Waals surface area contributed by atoms with Crippen LogP contribution in [-0.2, 0) is 19.0 Å². The lowest BCUT2D eigenvalue weighted by Crippen LogP contribution is -2.56. The molecule has 1 spiro atoms. The van der Waals surface area contributed by atoms with E-state index in [2.05, 4.69) is 5.32 Å². The highest BCUT2D eigenvalue weighted by Crippen LogP contribution is 2.34. The van der Waals surface area contributed by atoms with E-state index in [-0.39, 0.29) is 25.1 Å². The molecular weight excluding hydrogens is 393 g/mol. The predicted octanol–water partition coefficient (Wildman–Crippen LogP) is 2.00. The number of carbonyl (C=O) groups is 2. The number of nitrogens with zero attached hydrogens (tertiary/aromatic N) is 2. The SMILES string of the molecule is CC(=O)NC[C@H]1CN(c2ccc(N3CCC4(OCC=CCO4)C(F)C3)cc2)C(=O)O1. The number of carbonyl (C=O) groups excluding carboxylic acids is 2. The number of hydrogen-bond acceptors (Lipinski definition) is 6. The maximum Gasteiger partial charge on any atom is 0.414 e. The molecule has 0 bridgehead atoms. The van der Waals surface area contributed by atoms with Crippen LogP contribution in [0, 0.1) is 0 Å². The van der Waals surface area contributed by atoms with E-state index in [1.165, 1.54) is 11.8 Å². The molecule has 2 saturated heterocycles. The quantitative estimate of drug-likeness (QED) is 0.752. The summed E-state index contributed by atoms with van der Waals surface area (Å²) in [5.74, 6) is -1.35. The number of anilines is 2. The minimum absolute atomic E-state index is 0.167. The van der Waals surface area contributed by atoms with E-state index < -0.39 is 18.1 Å². The molecule has 9 heteroatoms. The van der Waals surface area contributed by atoms with Crippen LogP contribution in [0.2, 0.25) is 0 Å². The molecule has 4 rings (SSSR count). The smallest absolute Gasteiger partial charge is 0.414 e. The van der Waals surface area contributed by atoms with E-state index in [9.17, 15) is 14.0 Å². The third-order valence-corrected chi connectivity index (χ3v) is 5.58. The van der Waals surface area contributed by atoms with Gasteiger partial charge in [0.2, 0.25) is 11.7 Å². The maximum absolute atomic E-state index is 15.0. The highest BCUT2D eigenvalue weighted by Gasteiger charge is 2.46. The minimum atomic E-state index is -1.27. The van der Waals surface area contributed by atoms with Gasteiger partial charge in [-0.15, -0.1) is 0 Å². The van der Waals surface area contributed by atoms with Gasteiger partial charge < -0.3 is 24.4 Å². The highest BCUT2D eigenvalue weighted by atomic mass is 19.1. The van der Waals surface area contributed by atoms with Crippen LogP contribution in [0.3, 0.4) is 0 Å². The van der Waals surface area contributed by atoms with Crippen LogP contribution >= 0.6 is 0 Å². The fraction of sp³-hybridized carbons (Fsp3) is 0.524. The van der Waals surface area contributed by atoms with Gasteiger partial charge in [0.15, 0.2) is 6.17 Å². The Morgan fingerprint density at radius 1 is 1.17 bits per heavy atom. The molecule has 1 N–H and O–H groups in total. The lowest BCUT2D eigenvalue weighted by molar-refractivity contribution is -0.262. The van der Waals surface area contributed by atoms with Crippen LogP contribution < -0.4 is 15.1 Å². The molecule has 3 aliphatic heterocycles. The number of ether oxygens (including phenoxy) is 3. The predicted molar refractivity (Wildman–Crippen MR) is 108 cm³/mol. The van der Waals surface area contributed by atoms with Crippen molar-refractivity contribution in [2.45, 2.75) is 31.4 Å². The molecule has 3 aliphatic rings. The summed E-state index contributed by atoms with van der Waals surface area (Å²) in [5.41, 5.74) is 1.56. The maximum atomic E-state index is 15.0. The van der Waals surface area contributed by atoms with Crippen molar-refractivity contribution in [3.63, 3.8) is 0 Å². The average Bonchev–Trinajstić information content (AvgIpc) is 2.94. The first kappa shape index (κ1) is 20.6. The standard InChI is InChI=1S/C21H26FN3O5/c1-15(26)23-12-18-13-25(20(27)30-18)17-6-4-16(5-7-17)24-9-8-21(19(22)14-24)28-10-2-3-11-29-21/h2-7,18-19H,8-14H2,1H3,(H,23,26)/t18-,19?/m0/s1. The Labute approximate surface area is 174 Å². The molecule has 162 valence electrons. The Morgan fingerprint density at radius 2 is 1.83 bits per heavy atom. The first-order chi connectivity index (χ1) is 14.5. The summed E-state index contributed by atoms with van der Waals surface area (Å²) in [5, 5.41) is 2.66. The normalized spacial score (nSPS) is 25.9. The van der Waals surface area contributed by atoms with E-state index in [4.69, 9.17) is 14.2 Å². The summed E-state index contributed by atoms with van der Waals surface area (Å²) < 4.78 is 31.6. The number of alkyl halides is 1. The molecule has 2 atom stereocenters. The second-order valence-corrected chi connectivity index (χ2v) is 7.64. The van der Waals surface area contributed by atoms with E-state index >= 15 is 0 Å². The second kappa shape index (κ2) is 8.61. The van der Waals surface area contributed by atoms with Crippen molar-refractivity contribution in [3.8, 4) is 0 Å². The van der Waals surface area contributed by atoms with Crippen LogP contribution in [0.15, 0.2) is 36.4 Å². The molecule has 0 radical (unpaired) electrons. The summed E-state index contributed by atoms with van der Waals surface area (Å²) in [7, 11) is 0. The monoisotopic (exact) mass is 419 g/mol. The van der Waals surface area contributed by atoms with Crippen molar-refractivity contribution in [2.24, 2.45) is 0 Å². The molecule has 0 aliphatic carbocycles. The number of rotatable bonds is 4. The van der Waals surface area contributed by atoms with Gasteiger partial charge in [0.25, 0.3) is 0 Å². The fourth-order valence-corrected chi connectivity index (χ4v) is 3.93. The van der Waals surface area contributed by atoms with Crippen molar-refractivity contribution < 1.29 is 28.2 Å². The zero-order valence-corrected chi connectivity index (χ0v) is 16.9. The molecule has 1 aromatic carbocycles. The van der Waals surface area contributed by atoms with Gasteiger partial charge in [0.05, 0.1) is 32.8 Å². The van der Waals surface area contributed by atoms with Gasteiger partial charge in [0, 0.05) is 31.3 Å². The summed E-state index contributed by atoms with van der Waals surface area (Å²) in [4.78, 5) is 26.7. The molecule has 2 amide bonds. The van der Waals surface area contributed by atoms with Crippen LogP contribution in [0.1, 0.15) is 13.3 Å². The van der Waals surface area contributed by atoms with Crippen LogP contribution in [-0.4, -0.2) is 69.5 Å². The Hall–Kier alpha value is -2.65. The van der Waals surface area contributed by atoms with Gasteiger partial charge in [-0.05, 0) is 24.3 Å². The fourth-order valence-electron chi connectivity index (χ4n) is 3.93. The number of hydrogen-bond donors (Lipinski definition) is 1. The van der Waals surface area contributed by atoms with Gasteiger partial charge in [0.1, 0.15) is 6.10 Å². The molecule has 0 aromatic heterocycles. The molecule has 1 unspecified atom stereocenters. The molecule has 1 aromatic rings. The van der Waals surface area contributed by atoms with E-state index in [1.807, 2.05) is 41.3 Å². The average molecular weight is 419 g/mol. The molecular formula is C21H26FN3O5. The number of piperidine rings is 1. The number of cyclic esters (lactones) is 1. The summed E-state index contributed by atoms with van der Waals surface area (Å²) >= 11 is 0. The number of nitrogens with one attached hydrogen (secondary N) is 1. The van der Waals surface area contributed by atoms with Crippen molar-refractivity contribution >= 4 is 23.4 Å². The van der Waals surface area contributed by atoms with Crippen LogP contribution in [0.5, 0.6) is 0 Å². The van der Waals surface area contributed by atoms with Crippen molar-refractivity contribution in [3.05, 3.63) is 36.4 Å².